The first-order chi connectivity index (χ1) is 26.5. The molecule has 4 rings (SSSR count). The van der Waals surface area contributed by atoms with Crippen molar-refractivity contribution in [2.24, 2.45) is 5.92 Å². The molecule has 5 amide bonds. The number of benzene rings is 2. The van der Waals surface area contributed by atoms with Gasteiger partial charge in [0.2, 0.25) is 29.4 Å². The van der Waals surface area contributed by atoms with E-state index in [9.17, 15) is 33.9 Å². The van der Waals surface area contributed by atoms with Crippen molar-refractivity contribution in [2.45, 2.75) is 109 Å². The Bertz CT molecular complexity index is 1700. The molecule has 6 atom stereocenters. The van der Waals surface area contributed by atoms with E-state index in [2.05, 4.69) is 21.3 Å². The summed E-state index contributed by atoms with van der Waals surface area (Å²) in [4.78, 5) is 82.8. The van der Waals surface area contributed by atoms with Gasteiger partial charge < -0.3 is 40.3 Å². The maximum atomic E-state index is 14.3. The number of carbonyl (C=O) groups is 6. The number of ether oxygens (including phenoxy) is 2. The smallest absolute Gasteiger partial charge is 0.289 e. The molecule has 0 saturated carbocycles. The van der Waals surface area contributed by atoms with Crippen LogP contribution in [0.25, 0.3) is 0 Å². The molecule has 2 heterocycles. The van der Waals surface area contributed by atoms with Gasteiger partial charge in [-0.1, -0.05) is 69.7 Å². The number of carbonyl (C=O) groups excluding carboxylic acids is 6. The highest BCUT2D eigenvalue weighted by atomic mass is 16.5. The van der Waals surface area contributed by atoms with Crippen molar-refractivity contribution in [2.75, 3.05) is 33.8 Å². The van der Waals surface area contributed by atoms with E-state index in [-0.39, 0.29) is 43.5 Å². The molecule has 1 fully saturated rings. The maximum absolute atomic E-state index is 14.3. The van der Waals surface area contributed by atoms with Crippen LogP contribution >= 0.6 is 0 Å². The molecule has 56 heavy (non-hydrogen) atoms. The Morgan fingerprint density at radius 1 is 1.05 bits per heavy atom. The van der Waals surface area contributed by atoms with Crippen LogP contribution in [0, 0.1) is 5.92 Å². The van der Waals surface area contributed by atoms with Crippen molar-refractivity contribution in [3.8, 4) is 5.75 Å². The molecule has 2 aliphatic rings. The zero-order valence-corrected chi connectivity index (χ0v) is 33.5. The zero-order valence-electron chi connectivity index (χ0n) is 33.5. The quantitative estimate of drug-likeness (QED) is 0.147. The molecule has 1 saturated heterocycles. The van der Waals surface area contributed by atoms with E-state index < -0.39 is 72.1 Å². The van der Waals surface area contributed by atoms with Gasteiger partial charge in [-0.05, 0) is 55.9 Å². The first-order valence-corrected chi connectivity index (χ1v) is 19.3. The van der Waals surface area contributed by atoms with Crippen LogP contribution in [0.5, 0.6) is 5.75 Å². The number of nitrogens with one attached hydrogen (secondary N) is 4. The van der Waals surface area contributed by atoms with Crippen LogP contribution in [0.4, 0.5) is 0 Å². The molecule has 306 valence electrons. The molecule has 0 aromatic heterocycles. The summed E-state index contributed by atoms with van der Waals surface area (Å²) in [6.45, 7) is 9.20. The lowest BCUT2D eigenvalue weighted by atomic mass is 10.0. The highest BCUT2D eigenvalue weighted by Crippen LogP contribution is 2.30. The van der Waals surface area contributed by atoms with Gasteiger partial charge in [-0.15, -0.1) is 0 Å². The summed E-state index contributed by atoms with van der Waals surface area (Å²) in [5.74, 6) is -3.46. The van der Waals surface area contributed by atoms with Gasteiger partial charge in [0.25, 0.3) is 5.91 Å². The van der Waals surface area contributed by atoms with E-state index in [0.29, 0.717) is 30.8 Å². The molecule has 4 bridgehead atoms. The van der Waals surface area contributed by atoms with Gasteiger partial charge in [-0.2, -0.15) is 0 Å². The summed E-state index contributed by atoms with van der Waals surface area (Å²) in [5, 5.41) is 22.5. The third kappa shape index (κ3) is 12.1. The zero-order chi connectivity index (χ0) is 41.2. The largest absolute Gasteiger partial charge is 0.493 e. The summed E-state index contributed by atoms with van der Waals surface area (Å²) < 4.78 is 12.5. The minimum absolute atomic E-state index is 0.0326. The molecule has 0 spiro atoms. The Hall–Kier alpha value is -4.86. The van der Waals surface area contributed by atoms with Crippen molar-refractivity contribution in [1.82, 2.24) is 31.1 Å². The molecular weight excluding hydrogens is 720 g/mol. The summed E-state index contributed by atoms with van der Waals surface area (Å²) in [7, 11) is 3.12. The van der Waals surface area contributed by atoms with Gasteiger partial charge in [0.1, 0.15) is 24.1 Å². The second-order valence-electron chi connectivity index (χ2n) is 15.6. The van der Waals surface area contributed by atoms with Gasteiger partial charge >= 0.3 is 0 Å². The van der Waals surface area contributed by atoms with Crippen LogP contribution in [-0.2, 0) is 39.9 Å². The number of amides is 5. The van der Waals surface area contributed by atoms with Crippen molar-refractivity contribution < 1.29 is 43.3 Å². The number of ketones is 1. The number of Topliss-reactive ketones (excluding diaryl/α,β-unsaturated/α-hetero) is 1. The summed E-state index contributed by atoms with van der Waals surface area (Å²) in [6.07, 6.45) is -0.581. The van der Waals surface area contributed by atoms with Gasteiger partial charge in [0.15, 0.2) is 0 Å². The van der Waals surface area contributed by atoms with Gasteiger partial charge in [0, 0.05) is 27.1 Å². The van der Waals surface area contributed by atoms with Crippen LogP contribution in [0.2, 0.25) is 0 Å². The Labute approximate surface area is 329 Å². The third-order valence-electron chi connectivity index (χ3n) is 9.95. The number of hydrogen-bond acceptors (Lipinski definition) is 10. The topological polar surface area (TPSA) is 196 Å². The number of fused-ring (bicyclic) bond motifs is 4. The number of rotatable bonds is 13. The van der Waals surface area contributed by atoms with Crippen LogP contribution in [0.3, 0.4) is 0 Å². The number of nitrogens with zero attached hydrogens (tertiary/aromatic N) is 2. The Morgan fingerprint density at radius 3 is 2.43 bits per heavy atom. The second kappa shape index (κ2) is 19.8. The fraction of sp³-hybridized carbons (Fsp3) is 0.561. The fourth-order valence-electron chi connectivity index (χ4n) is 6.94. The molecule has 15 heteroatoms. The fourth-order valence-corrected chi connectivity index (χ4v) is 6.94. The van der Waals surface area contributed by atoms with Crippen LogP contribution in [0.1, 0.15) is 77.5 Å². The molecule has 0 radical (unpaired) electrons. The van der Waals surface area contributed by atoms with Crippen molar-refractivity contribution in [3.63, 3.8) is 0 Å². The van der Waals surface area contributed by atoms with Gasteiger partial charge in [-0.25, -0.2) is 0 Å². The molecule has 2 aromatic rings. The highest BCUT2D eigenvalue weighted by Gasteiger charge is 2.45. The summed E-state index contributed by atoms with van der Waals surface area (Å²) in [5.41, 5.74) is 0.608. The van der Waals surface area contributed by atoms with Crippen LogP contribution in [0.15, 0.2) is 54.6 Å². The van der Waals surface area contributed by atoms with E-state index in [1.165, 1.54) is 9.80 Å². The number of likely N-dealkylation sites (N-methyl/N-ethyl adjacent to an activating group) is 1. The molecule has 0 aliphatic carbocycles. The van der Waals surface area contributed by atoms with E-state index in [0.717, 1.165) is 5.56 Å². The predicted molar refractivity (Wildman–Crippen MR) is 208 cm³/mol. The summed E-state index contributed by atoms with van der Waals surface area (Å²) in [6, 6.07) is 11.9. The lowest BCUT2D eigenvalue weighted by molar-refractivity contribution is -0.143. The second-order valence-corrected chi connectivity index (χ2v) is 15.6. The predicted octanol–water partition coefficient (Wildman–Crippen LogP) is 1.62. The molecular formula is C41H58N6O9. The van der Waals surface area contributed by atoms with E-state index in [1.54, 1.807) is 50.5 Å². The average molecular weight is 779 g/mol. The molecule has 5 N–H and O–H groups in total. The van der Waals surface area contributed by atoms with E-state index in [1.807, 2.05) is 52.8 Å². The van der Waals surface area contributed by atoms with Gasteiger partial charge in [-0.3, -0.25) is 34.1 Å². The monoisotopic (exact) mass is 778 g/mol. The third-order valence-corrected chi connectivity index (χ3v) is 9.95. The Morgan fingerprint density at radius 2 is 1.77 bits per heavy atom. The highest BCUT2D eigenvalue weighted by molar-refractivity contribution is 6.38. The average Bonchev–Trinajstić information content (AvgIpc) is 3.57. The Kier molecular flexibility index (Phi) is 15.5. The lowest BCUT2D eigenvalue weighted by Crippen LogP contribution is -2.59. The Balaban J connectivity index is 1.48. The SMILES string of the molecule is CCCC(NC(O)[C@@H]1C[C@@H]2CN1C(=O)[C@H](C(C)C)NC(=O)Cc1cccc(c1)OCCC(C)(C)O2)C(=O)C(=O)NCC(=O)NC(C(=O)N(C)C)c1ccccc1. The molecule has 3 unspecified atom stereocenters. The standard InChI is InChI=1S/C41H58N6O9/c1-8-13-30(36(50)38(52)42-23-33(49)45-35(39(53)46(6)7)27-15-10-9-11-16-27)43-37(51)31-22-29-24-47(31)40(54)34(25(2)3)44-32(48)21-26-14-12-17-28(20-26)55-19-18-41(4,5)56-29/h9-12,14-17,20,25,29-31,34-35,37,43,51H,8,13,18-19,21-24H2,1-7H3,(H,42,52)(H,44,48)(H,45,49)/t29-,30?,31+,34+,35?,37?/m1/s1. The molecule has 2 aliphatic heterocycles. The van der Waals surface area contributed by atoms with E-state index >= 15 is 0 Å². The number of hydrogen-bond donors (Lipinski definition) is 5. The van der Waals surface area contributed by atoms with E-state index in [4.69, 9.17) is 9.47 Å². The van der Waals surface area contributed by atoms with Crippen molar-refractivity contribution in [3.05, 3.63) is 65.7 Å². The van der Waals surface area contributed by atoms with Crippen LogP contribution in [-0.4, -0.2) is 120 Å². The van der Waals surface area contributed by atoms with Crippen molar-refractivity contribution in [1.29, 1.82) is 0 Å². The first-order valence-electron chi connectivity index (χ1n) is 19.3. The van der Waals surface area contributed by atoms with Crippen LogP contribution < -0.4 is 26.0 Å². The summed E-state index contributed by atoms with van der Waals surface area (Å²) >= 11 is 0. The first kappa shape index (κ1) is 43.9. The maximum Gasteiger partial charge on any atom is 0.289 e. The minimum atomic E-state index is -1.47. The number of aliphatic hydroxyl groups is 1. The number of aliphatic hydroxyl groups excluding tert-OH is 1. The molecule has 15 nitrogen and oxygen atoms in total. The normalized spacial score (nSPS) is 21.6. The van der Waals surface area contributed by atoms with Gasteiger partial charge in [0.05, 0.1) is 43.4 Å². The minimum Gasteiger partial charge on any atom is -0.493 e. The lowest BCUT2D eigenvalue weighted by Gasteiger charge is -2.34. The van der Waals surface area contributed by atoms with Crippen molar-refractivity contribution >= 4 is 35.3 Å². The molecule has 2 aromatic carbocycles.